The molecular weight excluding hydrogens is 186 g/mol. The Hall–Kier alpha value is -1.07. The molecule has 13 heavy (non-hydrogen) atoms. The van der Waals surface area contributed by atoms with Crippen LogP contribution >= 0.6 is 11.9 Å². The van der Waals surface area contributed by atoms with E-state index in [2.05, 4.69) is 14.7 Å². The molecule has 0 bridgehead atoms. The standard InChI is InChI=1S/C8H9N3OS/c1-5(12)7-8-6(9-4-10-7)2-3-11-13-8/h2-5,11-12H,1H3. The lowest BCUT2D eigenvalue weighted by Crippen LogP contribution is -2.07. The predicted octanol–water partition coefficient (Wildman–Crippen LogP) is 1.11. The highest BCUT2D eigenvalue weighted by atomic mass is 32.2. The highest BCUT2D eigenvalue weighted by molar-refractivity contribution is 7.97. The molecule has 2 rings (SSSR count). The van der Waals surface area contributed by atoms with Gasteiger partial charge in [0.25, 0.3) is 0 Å². The van der Waals surface area contributed by atoms with E-state index in [1.54, 1.807) is 6.92 Å². The molecule has 4 nitrogen and oxygen atoms in total. The minimum Gasteiger partial charge on any atom is -0.387 e. The average Bonchev–Trinajstić information content (AvgIpc) is 2.17. The number of aliphatic hydroxyl groups excluding tert-OH is 1. The van der Waals surface area contributed by atoms with E-state index in [0.717, 1.165) is 10.6 Å². The summed E-state index contributed by atoms with van der Waals surface area (Å²) in [6.07, 6.45) is 4.58. The second-order valence-corrected chi connectivity index (χ2v) is 3.55. The smallest absolute Gasteiger partial charge is 0.116 e. The third kappa shape index (κ3) is 1.52. The zero-order chi connectivity index (χ0) is 9.26. The van der Waals surface area contributed by atoms with Crippen molar-refractivity contribution in [3.8, 4) is 0 Å². The lowest BCUT2D eigenvalue weighted by atomic mass is 10.2. The van der Waals surface area contributed by atoms with Crippen LogP contribution in [0.2, 0.25) is 0 Å². The topological polar surface area (TPSA) is 58.0 Å². The molecule has 1 unspecified atom stereocenters. The molecule has 1 aromatic rings. The Morgan fingerprint density at radius 2 is 2.38 bits per heavy atom. The van der Waals surface area contributed by atoms with Crippen molar-refractivity contribution in [3.05, 3.63) is 23.9 Å². The number of aliphatic hydroxyl groups is 1. The van der Waals surface area contributed by atoms with Gasteiger partial charge in [-0.15, -0.1) is 0 Å². The van der Waals surface area contributed by atoms with Crippen LogP contribution in [0.5, 0.6) is 0 Å². The number of aromatic nitrogens is 2. The molecule has 0 aliphatic carbocycles. The molecule has 0 saturated carbocycles. The maximum atomic E-state index is 9.42. The molecule has 1 aliphatic rings. The molecule has 0 amide bonds. The average molecular weight is 195 g/mol. The molecule has 0 radical (unpaired) electrons. The molecular formula is C8H9N3OS. The molecule has 0 aromatic carbocycles. The molecule has 0 saturated heterocycles. The van der Waals surface area contributed by atoms with Gasteiger partial charge in [0.05, 0.1) is 22.4 Å². The minimum atomic E-state index is -0.558. The fourth-order valence-corrected chi connectivity index (χ4v) is 1.94. The SMILES string of the molecule is CC(O)c1ncnc2c1SNC=C2. The van der Waals surface area contributed by atoms with Crippen molar-refractivity contribution in [2.24, 2.45) is 0 Å². The number of rotatable bonds is 1. The zero-order valence-corrected chi connectivity index (χ0v) is 7.88. The van der Waals surface area contributed by atoms with Crippen molar-refractivity contribution in [3.63, 3.8) is 0 Å². The van der Waals surface area contributed by atoms with Crippen LogP contribution in [0.1, 0.15) is 24.4 Å². The van der Waals surface area contributed by atoms with Crippen LogP contribution in [0.15, 0.2) is 17.4 Å². The van der Waals surface area contributed by atoms with Gasteiger partial charge in [0, 0.05) is 6.20 Å². The second-order valence-electron chi connectivity index (χ2n) is 2.70. The van der Waals surface area contributed by atoms with Crippen LogP contribution in [0.25, 0.3) is 6.08 Å². The largest absolute Gasteiger partial charge is 0.387 e. The monoisotopic (exact) mass is 195 g/mol. The lowest BCUT2D eigenvalue weighted by molar-refractivity contribution is 0.190. The third-order valence-corrected chi connectivity index (χ3v) is 2.60. The summed E-state index contributed by atoms with van der Waals surface area (Å²) in [5, 5.41) is 9.42. The van der Waals surface area contributed by atoms with Gasteiger partial charge in [0.1, 0.15) is 6.33 Å². The van der Waals surface area contributed by atoms with Crippen molar-refractivity contribution in [1.29, 1.82) is 0 Å². The van der Waals surface area contributed by atoms with Gasteiger partial charge in [-0.2, -0.15) is 0 Å². The van der Waals surface area contributed by atoms with Crippen molar-refractivity contribution in [2.75, 3.05) is 0 Å². The van der Waals surface area contributed by atoms with Gasteiger partial charge in [-0.3, -0.25) is 0 Å². The number of hydrogen-bond acceptors (Lipinski definition) is 5. The van der Waals surface area contributed by atoms with Gasteiger partial charge in [0.15, 0.2) is 0 Å². The number of nitrogens with one attached hydrogen (secondary N) is 1. The Morgan fingerprint density at radius 3 is 3.15 bits per heavy atom. The maximum Gasteiger partial charge on any atom is 0.116 e. The molecule has 5 heteroatoms. The number of nitrogens with zero attached hydrogens (tertiary/aromatic N) is 2. The first-order valence-electron chi connectivity index (χ1n) is 3.91. The quantitative estimate of drug-likeness (QED) is 0.657. The molecule has 1 aromatic heterocycles. The van der Waals surface area contributed by atoms with Gasteiger partial charge < -0.3 is 9.83 Å². The van der Waals surface area contributed by atoms with E-state index in [0.29, 0.717) is 5.69 Å². The van der Waals surface area contributed by atoms with Gasteiger partial charge >= 0.3 is 0 Å². The molecule has 2 heterocycles. The summed E-state index contributed by atoms with van der Waals surface area (Å²) < 4.78 is 2.98. The summed E-state index contributed by atoms with van der Waals surface area (Å²) >= 11 is 1.42. The predicted molar refractivity (Wildman–Crippen MR) is 50.7 cm³/mol. The zero-order valence-electron chi connectivity index (χ0n) is 7.06. The number of fused-ring (bicyclic) bond motifs is 1. The van der Waals surface area contributed by atoms with Gasteiger partial charge in [-0.25, -0.2) is 9.97 Å². The first-order chi connectivity index (χ1) is 6.29. The summed E-state index contributed by atoms with van der Waals surface area (Å²) in [6, 6.07) is 0. The van der Waals surface area contributed by atoms with Crippen LogP contribution in [-0.2, 0) is 0 Å². The van der Waals surface area contributed by atoms with Crippen LogP contribution in [0, 0.1) is 0 Å². The van der Waals surface area contributed by atoms with E-state index in [1.165, 1.54) is 18.3 Å². The Bertz CT molecular complexity index is 351. The summed E-state index contributed by atoms with van der Waals surface area (Å²) in [5.74, 6) is 0. The molecule has 0 fully saturated rings. The Kier molecular flexibility index (Phi) is 2.20. The summed E-state index contributed by atoms with van der Waals surface area (Å²) in [6.45, 7) is 1.70. The lowest BCUT2D eigenvalue weighted by Gasteiger charge is -2.14. The fraction of sp³-hybridized carbons (Fsp3) is 0.250. The molecule has 1 atom stereocenters. The maximum absolute atomic E-state index is 9.42. The molecule has 2 N–H and O–H groups in total. The van der Waals surface area contributed by atoms with Crippen LogP contribution < -0.4 is 4.72 Å². The van der Waals surface area contributed by atoms with Gasteiger partial charge in [0.2, 0.25) is 0 Å². The van der Waals surface area contributed by atoms with E-state index in [-0.39, 0.29) is 0 Å². The fourth-order valence-electron chi connectivity index (χ4n) is 1.13. The van der Waals surface area contributed by atoms with Crippen molar-refractivity contribution in [2.45, 2.75) is 17.9 Å². The van der Waals surface area contributed by atoms with E-state index in [4.69, 9.17) is 0 Å². The van der Waals surface area contributed by atoms with Gasteiger partial charge in [-0.1, -0.05) is 0 Å². The summed E-state index contributed by atoms with van der Waals surface area (Å²) in [5.41, 5.74) is 1.53. The van der Waals surface area contributed by atoms with Crippen LogP contribution in [-0.4, -0.2) is 15.1 Å². The molecule has 68 valence electrons. The first-order valence-corrected chi connectivity index (χ1v) is 4.72. The first kappa shape index (κ1) is 8.52. The van der Waals surface area contributed by atoms with Crippen molar-refractivity contribution in [1.82, 2.24) is 14.7 Å². The van der Waals surface area contributed by atoms with Crippen molar-refractivity contribution < 1.29 is 5.11 Å². The highest BCUT2D eigenvalue weighted by Crippen LogP contribution is 2.29. The van der Waals surface area contributed by atoms with Crippen molar-refractivity contribution >= 4 is 18.0 Å². The van der Waals surface area contributed by atoms with E-state index in [9.17, 15) is 5.11 Å². The molecule has 0 spiro atoms. The Balaban J connectivity index is 2.53. The third-order valence-electron chi connectivity index (χ3n) is 1.72. The second kappa shape index (κ2) is 3.35. The summed E-state index contributed by atoms with van der Waals surface area (Å²) in [4.78, 5) is 9.03. The van der Waals surface area contributed by atoms with E-state index >= 15 is 0 Å². The Labute approximate surface area is 80.2 Å². The normalized spacial score (nSPS) is 16.2. The van der Waals surface area contributed by atoms with Crippen LogP contribution in [0.4, 0.5) is 0 Å². The van der Waals surface area contributed by atoms with E-state index in [1.807, 2.05) is 12.3 Å². The highest BCUT2D eigenvalue weighted by Gasteiger charge is 2.15. The van der Waals surface area contributed by atoms with Gasteiger partial charge in [-0.05, 0) is 24.9 Å². The molecule has 1 aliphatic heterocycles. The number of hydrogen-bond donors (Lipinski definition) is 2. The minimum absolute atomic E-state index is 0.558. The van der Waals surface area contributed by atoms with E-state index < -0.39 is 6.10 Å². The summed E-state index contributed by atoms with van der Waals surface area (Å²) in [7, 11) is 0. The van der Waals surface area contributed by atoms with Crippen LogP contribution in [0.3, 0.4) is 0 Å². The Morgan fingerprint density at radius 1 is 1.54 bits per heavy atom.